The van der Waals surface area contributed by atoms with Gasteiger partial charge in [-0.3, -0.25) is 19.4 Å². The zero-order valence-corrected chi connectivity index (χ0v) is 17.3. The zero-order valence-electron chi connectivity index (χ0n) is 17.3. The maximum atomic E-state index is 13.1. The van der Waals surface area contributed by atoms with E-state index in [1.807, 2.05) is 55.3 Å². The second kappa shape index (κ2) is 8.96. The summed E-state index contributed by atoms with van der Waals surface area (Å²) >= 11 is 0. The van der Waals surface area contributed by atoms with Crippen molar-refractivity contribution in [2.75, 3.05) is 44.6 Å². The SMILES string of the molecule is COc1ccc(CCN(C)[C@@H](C)C(=O)N2CC(=O)Nc3ccccc32)cc1OC. The number of para-hydroxylation sites is 2. The lowest BCUT2D eigenvalue weighted by molar-refractivity contribution is -0.125. The van der Waals surface area contributed by atoms with Crippen molar-refractivity contribution in [3.8, 4) is 11.5 Å². The van der Waals surface area contributed by atoms with Crippen LogP contribution >= 0.6 is 0 Å². The molecule has 7 heteroatoms. The molecule has 0 saturated heterocycles. The molecule has 2 amide bonds. The first-order chi connectivity index (χ1) is 13.9. The van der Waals surface area contributed by atoms with Gasteiger partial charge in [0.05, 0.1) is 31.6 Å². The molecular weight excluding hydrogens is 370 g/mol. The minimum atomic E-state index is -0.367. The summed E-state index contributed by atoms with van der Waals surface area (Å²) in [5.41, 5.74) is 2.49. The average molecular weight is 397 g/mol. The van der Waals surface area contributed by atoms with Crippen LogP contribution in [-0.2, 0) is 16.0 Å². The van der Waals surface area contributed by atoms with Crippen molar-refractivity contribution in [2.24, 2.45) is 0 Å². The highest BCUT2D eigenvalue weighted by atomic mass is 16.5. The lowest BCUT2D eigenvalue weighted by Crippen LogP contribution is -2.50. The van der Waals surface area contributed by atoms with E-state index in [1.54, 1.807) is 25.2 Å². The number of anilines is 2. The molecule has 3 rings (SSSR count). The maximum Gasteiger partial charge on any atom is 0.244 e. The number of likely N-dealkylation sites (N-methyl/N-ethyl adjacent to an activating group) is 1. The Labute approximate surface area is 171 Å². The molecule has 1 atom stereocenters. The lowest BCUT2D eigenvalue weighted by Gasteiger charge is -2.33. The predicted molar refractivity (Wildman–Crippen MR) is 113 cm³/mol. The Bertz CT molecular complexity index is 899. The summed E-state index contributed by atoms with van der Waals surface area (Å²) in [6.07, 6.45) is 0.756. The molecule has 1 N–H and O–H groups in total. The first-order valence-electron chi connectivity index (χ1n) is 9.56. The Morgan fingerprint density at radius 2 is 1.90 bits per heavy atom. The van der Waals surface area contributed by atoms with Crippen LogP contribution in [0.3, 0.4) is 0 Å². The average Bonchev–Trinajstić information content (AvgIpc) is 2.75. The highest BCUT2D eigenvalue weighted by molar-refractivity contribution is 6.11. The minimum absolute atomic E-state index is 0.0315. The van der Waals surface area contributed by atoms with Crippen LogP contribution in [0.2, 0.25) is 0 Å². The highest BCUT2D eigenvalue weighted by Crippen LogP contribution is 2.30. The number of benzene rings is 2. The van der Waals surface area contributed by atoms with Crippen molar-refractivity contribution < 1.29 is 19.1 Å². The molecule has 2 aromatic carbocycles. The monoisotopic (exact) mass is 397 g/mol. The molecule has 1 aliphatic rings. The van der Waals surface area contributed by atoms with Gasteiger partial charge in [-0.15, -0.1) is 0 Å². The van der Waals surface area contributed by atoms with Crippen LogP contribution in [-0.4, -0.2) is 57.1 Å². The molecule has 0 aromatic heterocycles. The van der Waals surface area contributed by atoms with Crippen LogP contribution in [0, 0.1) is 0 Å². The zero-order chi connectivity index (χ0) is 21.0. The summed E-state index contributed by atoms with van der Waals surface area (Å²) in [5.74, 6) is 1.10. The summed E-state index contributed by atoms with van der Waals surface area (Å²) in [6, 6.07) is 12.8. The number of ether oxygens (including phenoxy) is 2. The van der Waals surface area contributed by atoms with Gasteiger partial charge in [0.25, 0.3) is 0 Å². The largest absolute Gasteiger partial charge is 0.493 e. The summed E-state index contributed by atoms with van der Waals surface area (Å²) in [5, 5.41) is 2.81. The molecule has 0 saturated carbocycles. The Balaban J connectivity index is 1.67. The first kappa shape index (κ1) is 20.7. The third kappa shape index (κ3) is 4.51. The first-order valence-corrected chi connectivity index (χ1v) is 9.56. The van der Waals surface area contributed by atoms with E-state index in [2.05, 4.69) is 5.32 Å². The number of hydrogen-bond acceptors (Lipinski definition) is 5. The number of hydrogen-bond donors (Lipinski definition) is 1. The van der Waals surface area contributed by atoms with Crippen LogP contribution in [0.5, 0.6) is 11.5 Å². The van der Waals surface area contributed by atoms with Gasteiger partial charge in [0, 0.05) is 6.54 Å². The van der Waals surface area contributed by atoms with Crippen molar-refractivity contribution >= 4 is 23.2 Å². The Morgan fingerprint density at radius 1 is 1.17 bits per heavy atom. The predicted octanol–water partition coefficient (Wildman–Crippen LogP) is 2.55. The van der Waals surface area contributed by atoms with Gasteiger partial charge in [0.2, 0.25) is 11.8 Å². The van der Waals surface area contributed by atoms with E-state index in [0.717, 1.165) is 17.7 Å². The Kier molecular flexibility index (Phi) is 6.39. The van der Waals surface area contributed by atoms with E-state index >= 15 is 0 Å². The molecule has 0 aliphatic carbocycles. The van der Waals surface area contributed by atoms with Crippen molar-refractivity contribution in [3.05, 3.63) is 48.0 Å². The normalized spacial score (nSPS) is 14.2. The van der Waals surface area contributed by atoms with Crippen LogP contribution in [0.25, 0.3) is 0 Å². The third-order valence-corrected chi connectivity index (χ3v) is 5.26. The number of methoxy groups -OCH3 is 2. The molecule has 0 fully saturated rings. The van der Waals surface area contributed by atoms with Gasteiger partial charge in [-0.2, -0.15) is 0 Å². The van der Waals surface area contributed by atoms with E-state index < -0.39 is 0 Å². The second-order valence-corrected chi connectivity index (χ2v) is 7.09. The Hall–Kier alpha value is -3.06. The molecule has 1 heterocycles. The molecular formula is C22H27N3O4. The number of carbonyl (C=O) groups is 2. The molecule has 7 nitrogen and oxygen atoms in total. The summed E-state index contributed by atoms with van der Waals surface area (Å²) < 4.78 is 10.6. The number of nitrogens with one attached hydrogen (secondary N) is 1. The lowest BCUT2D eigenvalue weighted by atomic mass is 10.1. The standard InChI is InChI=1S/C22H27N3O4/c1-15(22(27)25-14-21(26)23-17-7-5-6-8-18(17)25)24(2)12-11-16-9-10-19(28-3)20(13-16)29-4/h5-10,13,15H,11-12,14H2,1-4H3,(H,23,26)/t15-/m0/s1. The fourth-order valence-corrected chi connectivity index (χ4v) is 3.38. The molecule has 0 unspecified atom stereocenters. The van der Waals surface area contributed by atoms with Crippen LogP contribution < -0.4 is 19.7 Å². The summed E-state index contributed by atoms with van der Waals surface area (Å²) in [7, 11) is 5.14. The van der Waals surface area contributed by atoms with E-state index in [1.165, 1.54) is 0 Å². The maximum absolute atomic E-state index is 13.1. The van der Waals surface area contributed by atoms with Gasteiger partial charge in [-0.25, -0.2) is 0 Å². The minimum Gasteiger partial charge on any atom is -0.493 e. The quantitative estimate of drug-likeness (QED) is 0.778. The smallest absolute Gasteiger partial charge is 0.244 e. The fraction of sp³-hybridized carbons (Fsp3) is 0.364. The summed E-state index contributed by atoms with van der Waals surface area (Å²) in [4.78, 5) is 28.7. The molecule has 0 bridgehead atoms. The van der Waals surface area contributed by atoms with Gasteiger partial charge in [-0.1, -0.05) is 18.2 Å². The number of rotatable bonds is 7. The second-order valence-electron chi connectivity index (χ2n) is 7.09. The molecule has 0 spiro atoms. The molecule has 2 aromatic rings. The highest BCUT2D eigenvalue weighted by Gasteiger charge is 2.31. The van der Waals surface area contributed by atoms with Gasteiger partial charge in [-0.05, 0) is 50.2 Å². The molecule has 1 aliphatic heterocycles. The van der Waals surface area contributed by atoms with Gasteiger partial charge >= 0.3 is 0 Å². The fourth-order valence-electron chi connectivity index (χ4n) is 3.38. The van der Waals surface area contributed by atoms with Crippen LogP contribution in [0.15, 0.2) is 42.5 Å². The van der Waals surface area contributed by atoms with Gasteiger partial charge in [0.15, 0.2) is 11.5 Å². The molecule has 29 heavy (non-hydrogen) atoms. The van der Waals surface area contributed by atoms with E-state index in [9.17, 15) is 9.59 Å². The van der Waals surface area contributed by atoms with Crippen molar-refractivity contribution in [1.29, 1.82) is 0 Å². The van der Waals surface area contributed by atoms with Crippen LogP contribution in [0.1, 0.15) is 12.5 Å². The van der Waals surface area contributed by atoms with E-state index in [-0.39, 0.29) is 24.4 Å². The number of nitrogens with zero attached hydrogens (tertiary/aromatic N) is 2. The van der Waals surface area contributed by atoms with E-state index in [4.69, 9.17) is 9.47 Å². The number of amides is 2. The topological polar surface area (TPSA) is 71.1 Å². The van der Waals surface area contributed by atoms with Gasteiger partial charge < -0.3 is 14.8 Å². The number of fused-ring (bicyclic) bond motifs is 1. The van der Waals surface area contributed by atoms with Crippen molar-refractivity contribution in [2.45, 2.75) is 19.4 Å². The molecule has 154 valence electrons. The number of carbonyl (C=O) groups excluding carboxylic acids is 2. The van der Waals surface area contributed by atoms with Crippen molar-refractivity contribution in [1.82, 2.24) is 4.90 Å². The third-order valence-electron chi connectivity index (χ3n) is 5.26. The Morgan fingerprint density at radius 3 is 2.62 bits per heavy atom. The van der Waals surface area contributed by atoms with Crippen LogP contribution in [0.4, 0.5) is 11.4 Å². The van der Waals surface area contributed by atoms with E-state index in [0.29, 0.717) is 23.7 Å². The molecule has 0 radical (unpaired) electrons. The van der Waals surface area contributed by atoms with Gasteiger partial charge in [0.1, 0.15) is 6.54 Å². The van der Waals surface area contributed by atoms with Crippen molar-refractivity contribution in [3.63, 3.8) is 0 Å². The summed E-state index contributed by atoms with van der Waals surface area (Å²) in [6.45, 7) is 2.58.